The van der Waals surface area contributed by atoms with Crippen LogP contribution in [-0.4, -0.2) is 13.2 Å². The molecule has 1 aliphatic heterocycles. The van der Waals surface area contributed by atoms with Crippen molar-refractivity contribution in [2.45, 2.75) is 18.5 Å². The van der Waals surface area contributed by atoms with Gasteiger partial charge in [0.05, 0.1) is 0 Å². The zero-order chi connectivity index (χ0) is 19.2. The molecule has 0 saturated carbocycles. The summed E-state index contributed by atoms with van der Waals surface area (Å²) in [5, 5.41) is 0. The highest BCUT2D eigenvalue weighted by Crippen LogP contribution is 2.32. The largest absolute Gasteiger partial charge is 0.490 e. The van der Waals surface area contributed by atoms with Gasteiger partial charge in [-0.05, 0) is 53.9 Å². The van der Waals surface area contributed by atoms with Crippen molar-refractivity contribution in [1.29, 1.82) is 0 Å². The molecular weight excluding hydrogens is 350 g/mol. The van der Waals surface area contributed by atoms with E-state index in [1.54, 1.807) is 0 Å². The Hall–Kier alpha value is -3.02. The topological polar surface area (TPSA) is 68.5 Å². The highest BCUT2D eigenvalue weighted by atomic mass is 16.5. The van der Waals surface area contributed by atoms with Crippen LogP contribution < -0.4 is 26.1 Å². The lowest BCUT2D eigenvalue weighted by Gasteiger charge is -2.13. The van der Waals surface area contributed by atoms with Crippen LogP contribution in [0, 0.1) is 0 Å². The molecule has 28 heavy (non-hydrogen) atoms. The van der Waals surface area contributed by atoms with E-state index in [9.17, 15) is 0 Å². The van der Waals surface area contributed by atoms with Crippen molar-refractivity contribution in [3.63, 3.8) is 0 Å². The van der Waals surface area contributed by atoms with Crippen molar-refractivity contribution in [2.75, 3.05) is 18.9 Å². The van der Waals surface area contributed by atoms with Gasteiger partial charge < -0.3 is 15.2 Å². The predicted octanol–water partition coefficient (Wildman–Crippen LogP) is 4.01. The van der Waals surface area contributed by atoms with Gasteiger partial charge in [0.25, 0.3) is 0 Å². The number of nitrogen functional groups attached to an aromatic ring is 1. The molecule has 3 aromatic rings. The van der Waals surface area contributed by atoms with Crippen molar-refractivity contribution in [2.24, 2.45) is 0 Å². The zero-order valence-corrected chi connectivity index (χ0v) is 15.7. The van der Waals surface area contributed by atoms with Crippen molar-refractivity contribution >= 4 is 5.69 Å². The maximum atomic E-state index is 5.87. The number of rotatable bonds is 7. The molecule has 0 bridgehead atoms. The smallest absolute Gasteiger partial charge is 0.122 e. The quantitative estimate of drug-likeness (QED) is 0.430. The Morgan fingerprint density at radius 3 is 2.11 bits per heavy atom. The first-order chi connectivity index (χ1) is 13.8. The van der Waals surface area contributed by atoms with Crippen molar-refractivity contribution in [3.05, 3.63) is 90.0 Å². The Bertz CT molecular complexity index is 884. The van der Waals surface area contributed by atoms with Crippen molar-refractivity contribution < 1.29 is 9.47 Å². The van der Waals surface area contributed by atoms with Gasteiger partial charge in [0.15, 0.2) is 0 Å². The van der Waals surface area contributed by atoms with Crippen LogP contribution >= 0.6 is 0 Å². The molecule has 4 N–H and O–H groups in total. The van der Waals surface area contributed by atoms with Crippen LogP contribution in [0.2, 0.25) is 0 Å². The minimum atomic E-state index is 0.228. The summed E-state index contributed by atoms with van der Waals surface area (Å²) in [4.78, 5) is 0. The molecule has 5 nitrogen and oxygen atoms in total. The Labute approximate surface area is 165 Å². The van der Waals surface area contributed by atoms with Crippen LogP contribution in [-0.2, 0) is 0 Å². The number of hydrogen-bond donors (Lipinski definition) is 3. The third-order valence-electron chi connectivity index (χ3n) is 4.87. The predicted molar refractivity (Wildman–Crippen MR) is 111 cm³/mol. The molecule has 1 fully saturated rings. The molecule has 1 heterocycles. The molecule has 1 aliphatic rings. The Balaban J connectivity index is 1.30. The molecule has 5 heteroatoms. The molecule has 0 aliphatic carbocycles. The number of para-hydroxylation sites is 1. The van der Waals surface area contributed by atoms with Gasteiger partial charge >= 0.3 is 0 Å². The standard InChI is InChI=1S/C23H25N3O2/c24-19-11-9-17(10-12-19)22-16-23(26-25-22)18-5-4-8-21(15-18)28-14-13-27-20-6-2-1-3-7-20/h1-12,15,22-23,25-26H,13-14,16,24H2. The van der Waals surface area contributed by atoms with E-state index in [0.29, 0.717) is 13.2 Å². The average Bonchev–Trinajstić information content (AvgIpc) is 3.23. The third-order valence-corrected chi connectivity index (χ3v) is 4.87. The summed E-state index contributed by atoms with van der Waals surface area (Å²) in [6.45, 7) is 1.01. The maximum absolute atomic E-state index is 5.87. The summed E-state index contributed by atoms with van der Waals surface area (Å²) in [5.41, 5.74) is 15.8. The number of ether oxygens (including phenoxy) is 2. The number of anilines is 1. The zero-order valence-electron chi connectivity index (χ0n) is 15.7. The van der Waals surface area contributed by atoms with E-state index in [4.69, 9.17) is 15.2 Å². The lowest BCUT2D eigenvalue weighted by molar-refractivity contribution is 0.217. The van der Waals surface area contributed by atoms with Gasteiger partial charge in [0.1, 0.15) is 24.7 Å². The van der Waals surface area contributed by atoms with E-state index in [1.165, 1.54) is 11.1 Å². The number of benzene rings is 3. The lowest BCUT2D eigenvalue weighted by Crippen LogP contribution is -2.26. The van der Waals surface area contributed by atoms with Crippen molar-refractivity contribution in [1.82, 2.24) is 10.9 Å². The fraction of sp³-hybridized carbons (Fsp3) is 0.217. The first-order valence-corrected chi connectivity index (χ1v) is 9.55. The molecule has 144 valence electrons. The van der Waals surface area contributed by atoms with Crippen LogP contribution in [0.1, 0.15) is 29.6 Å². The summed E-state index contributed by atoms with van der Waals surface area (Å²) in [7, 11) is 0. The first-order valence-electron chi connectivity index (χ1n) is 9.55. The van der Waals surface area contributed by atoms with E-state index in [2.05, 4.69) is 35.1 Å². The second-order valence-corrected chi connectivity index (χ2v) is 6.88. The van der Waals surface area contributed by atoms with Crippen LogP contribution in [0.3, 0.4) is 0 Å². The summed E-state index contributed by atoms with van der Waals surface area (Å²) in [5.74, 6) is 1.71. The number of nitrogens with two attached hydrogens (primary N) is 1. The first kappa shape index (κ1) is 18.3. The van der Waals surface area contributed by atoms with Gasteiger partial charge in [0, 0.05) is 17.8 Å². The molecule has 4 rings (SSSR count). The second kappa shape index (κ2) is 8.78. The highest BCUT2D eigenvalue weighted by molar-refractivity contribution is 5.40. The van der Waals surface area contributed by atoms with Crippen LogP contribution in [0.5, 0.6) is 11.5 Å². The van der Waals surface area contributed by atoms with Crippen LogP contribution in [0.4, 0.5) is 5.69 Å². The molecule has 0 radical (unpaired) electrons. The summed E-state index contributed by atoms with van der Waals surface area (Å²) in [6, 6.07) is 26.5. The molecule has 0 amide bonds. The third kappa shape index (κ3) is 4.63. The van der Waals surface area contributed by atoms with E-state index < -0.39 is 0 Å². The number of hydrogen-bond acceptors (Lipinski definition) is 5. The van der Waals surface area contributed by atoms with Crippen LogP contribution in [0.15, 0.2) is 78.9 Å². The molecule has 2 atom stereocenters. The van der Waals surface area contributed by atoms with E-state index >= 15 is 0 Å². The SMILES string of the molecule is Nc1ccc(C2CC(c3cccc(OCCOc4ccccc4)c3)NN2)cc1. The fourth-order valence-corrected chi connectivity index (χ4v) is 3.38. The summed E-state index contributed by atoms with van der Waals surface area (Å²) >= 11 is 0. The number of hydrazine groups is 1. The van der Waals surface area contributed by atoms with Crippen LogP contribution in [0.25, 0.3) is 0 Å². The van der Waals surface area contributed by atoms with Gasteiger partial charge in [0.2, 0.25) is 0 Å². The highest BCUT2D eigenvalue weighted by Gasteiger charge is 2.26. The second-order valence-electron chi connectivity index (χ2n) is 6.88. The normalized spacial score (nSPS) is 18.7. The van der Waals surface area contributed by atoms with Gasteiger partial charge in [-0.1, -0.05) is 42.5 Å². The van der Waals surface area contributed by atoms with Gasteiger partial charge in [-0.25, -0.2) is 10.9 Å². The van der Waals surface area contributed by atoms with Gasteiger partial charge in [-0.2, -0.15) is 0 Å². The maximum Gasteiger partial charge on any atom is 0.122 e. The molecular formula is C23H25N3O2. The monoisotopic (exact) mass is 375 g/mol. The molecule has 1 saturated heterocycles. The van der Waals surface area contributed by atoms with Gasteiger partial charge in [-0.15, -0.1) is 0 Å². The van der Waals surface area contributed by atoms with Crippen molar-refractivity contribution in [3.8, 4) is 11.5 Å². The number of nitrogens with one attached hydrogen (secondary N) is 2. The Kier molecular flexibility index (Phi) is 5.75. The minimum absolute atomic E-state index is 0.228. The molecule has 2 unspecified atom stereocenters. The average molecular weight is 375 g/mol. The van der Waals surface area contributed by atoms with Gasteiger partial charge in [-0.3, -0.25) is 0 Å². The Morgan fingerprint density at radius 2 is 1.36 bits per heavy atom. The summed E-state index contributed by atoms with van der Waals surface area (Å²) in [6.07, 6.45) is 0.963. The molecule has 3 aromatic carbocycles. The minimum Gasteiger partial charge on any atom is -0.490 e. The Morgan fingerprint density at radius 1 is 0.714 bits per heavy atom. The fourth-order valence-electron chi connectivity index (χ4n) is 3.38. The van der Waals surface area contributed by atoms with E-state index in [1.807, 2.05) is 54.6 Å². The molecule has 0 aromatic heterocycles. The molecule has 0 spiro atoms. The lowest BCUT2D eigenvalue weighted by atomic mass is 9.97. The summed E-state index contributed by atoms with van der Waals surface area (Å²) < 4.78 is 11.5. The van der Waals surface area contributed by atoms with E-state index in [-0.39, 0.29) is 12.1 Å². The van der Waals surface area contributed by atoms with E-state index in [0.717, 1.165) is 23.6 Å².